The first-order valence-corrected chi connectivity index (χ1v) is 5.37. The molecule has 0 aromatic heterocycles. The number of hydrogen-bond donors (Lipinski definition) is 1. The first-order valence-electron chi connectivity index (χ1n) is 5.37. The Morgan fingerprint density at radius 2 is 1.76 bits per heavy atom. The molecule has 1 N–H and O–H groups in total. The maximum atomic E-state index is 9.25. The quantitative estimate of drug-likeness (QED) is 0.761. The largest absolute Gasteiger partial charge is 0.508 e. The van der Waals surface area contributed by atoms with Crippen molar-refractivity contribution in [1.29, 1.82) is 5.26 Å². The third-order valence-corrected chi connectivity index (χ3v) is 2.42. The number of benzene rings is 1. The van der Waals surface area contributed by atoms with E-state index in [0.717, 1.165) is 5.56 Å². The van der Waals surface area contributed by atoms with E-state index in [4.69, 9.17) is 0 Å². The summed E-state index contributed by atoms with van der Waals surface area (Å²) in [5.41, 5.74) is 0.856. The van der Waals surface area contributed by atoms with Crippen LogP contribution in [0.25, 0.3) is 0 Å². The van der Waals surface area contributed by atoms with Gasteiger partial charge in [-0.25, -0.2) is 0 Å². The van der Waals surface area contributed by atoms with Gasteiger partial charge in [-0.3, -0.25) is 4.90 Å². The monoisotopic (exact) mass is 228 g/mol. The zero-order valence-electron chi connectivity index (χ0n) is 9.71. The number of phenols is 1. The van der Waals surface area contributed by atoms with Crippen molar-refractivity contribution >= 4 is 0 Å². The summed E-state index contributed by atoms with van der Waals surface area (Å²) in [5, 5.41) is 18.5. The molecule has 0 aliphatic rings. The van der Waals surface area contributed by atoms with Crippen LogP contribution in [-0.4, -0.2) is 23.1 Å². The Balaban J connectivity index is 2.95. The fraction of sp³-hybridized carbons (Fsp3) is 0.214. The van der Waals surface area contributed by atoms with Crippen molar-refractivity contribution < 1.29 is 5.11 Å². The number of rotatable bonds is 6. The molecule has 0 fully saturated rings. The standard InChI is InChI=1S/C14H16N2O/c1-3-9-16(10-4-2)14(11-15)12-5-7-13(17)8-6-12/h3-8,14,17H,1-2,9-10H2. The van der Waals surface area contributed by atoms with Gasteiger partial charge in [-0.2, -0.15) is 5.26 Å². The SMILES string of the molecule is C=CCN(CC=C)C(C#N)c1ccc(O)cc1. The van der Waals surface area contributed by atoms with Gasteiger partial charge in [0.2, 0.25) is 0 Å². The summed E-state index contributed by atoms with van der Waals surface area (Å²) in [5.74, 6) is 0.199. The zero-order chi connectivity index (χ0) is 12.7. The van der Waals surface area contributed by atoms with Crippen LogP contribution < -0.4 is 0 Å². The molecular weight excluding hydrogens is 212 g/mol. The molecule has 0 aliphatic heterocycles. The van der Waals surface area contributed by atoms with Gasteiger partial charge in [-0.05, 0) is 17.7 Å². The fourth-order valence-electron chi connectivity index (χ4n) is 1.64. The van der Waals surface area contributed by atoms with Crippen LogP contribution in [0.3, 0.4) is 0 Å². The van der Waals surface area contributed by atoms with Crippen molar-refractivity contribution in [3.8, 4) is 11.8 Å². The molecule has 17 heavy (non-hydrogen) atoms. The van der Waals surface area contributed by atoms with E-state index in [1.165, 1.54) is 0 Å². The normalized spacial score (nSPS) is 11.8. The second-order valence-electron chi connectivity index (χ2n) is 3.65. The molecule has 0 saturated carbocycles. The van der Waals surface area contributed by atoms with E-state index in [0.29, 0.717) is 13.1 Å². The van der Waals surface area contributed by atoms with E-state index in [1.54, 1.807) is 36.4 Å². The number of nitriles is 1. The molecule has 88 valence electrons. The topological polar surface area (TPSA) is 47.3 Å². The molecule has 1 aromatic carbocycles. The third kappa shape index (κ3) is 3.47. The molecule has 3 nitrogen and oxygen atoms in total. The van der Waals surface area contributed by atoms with E-state index >= 15 is 0 Å². The van der Waals surface area contributed by atoms with Crippen molar-refractivity contribution in [1.82, 2.24) is 4.90 Å². The lowest BCUT2D eigenvalue weighted by Crippen LogP contribution is -2.28. The average Bonchev–Trinajstić information content (AvgIpc) is 2.33. The average molecular weight is 228 g/mol. The Morgan fingerprint density at radius 1 is 1.24 bits per heavy atom. The highest BCUT2D eigenvalue weighted by Crippen LogP contribution is 2.22. The van der Waals surface area contributed by atoms with E-state index in [9.17, 15) is 10.4 Å². The van der Waals surface area contributed by atoms with Crippen LogP contribution in [0, 0.1) is 11.3 Å². The summed E-state index contributed by atoms with van der Waals surface area (Å²) < 4.78 is 0. The van der Waals surface area contributed by atoms with Crippen LogP contribution in [0.2, 0.25) is 0 Å². The molecule has 0 spiro atoms. The predicted molar refractivity (Wildman–Crippen MR) is 68.4 cm³/mol. The van der Waals surface area contributed by atoms with Crippen LogP contribution in [-0.2, 0) is 0 Å². The van der Waals surface area contributed by atoms with Gasteiger partial charge in [0.1, 0.15) is 11.8 Å². The smallest absolute Gasteiger partial charge is 0.124 e. The fourth-order valence-corrected chi connectivity index (χ4v) is 1.64. The summed E-state index contributed by atoms with van der Waals surface area (Å²) in [6.07, 6.45) is 3.52. The van der Waals surface area contributed by atoms with E-state index < -0.39 is 0 Å². The van der Waals surface area contributed by atoms with Crippen molar-refractivity contribution in [3.63, 3.8) is 0 Å². The lowest BCUT2D eigenvalue weighted by molar-refractivity contribution is 0.291. The van der Waals surface area contributed by atoms with Gasteiger partial charge in [0.25, 0.3) is 0 Å². The third-order valence-electron chi connectivity index (χ3n) is 2.42. The maximum absolute atomic E-state index is 9.25. The molecule has 3 heteroatoms. The highest BCUT2D eigenvalue weighted by Gasteiger charge is 2.17. The number of hydrogen-bond acceptors (Lipinski definition) is 3. The van der Waals surface area contributed by atoms with Crippen LogP contribution in [0.4, 0.5) is 0 Å². The van der Waals surface area contributed by atoms with Crippen LogP contribution in [0.15, 0.2) is 49.6 Å². The van der Waals surface area contributed by atoms with Crippen molar-refractivity contribution in [2.24, 2.45) is 0 Å². The van der Waals surface area contributed by atoms with Gasteiger partial charge < -0.3 is 5.11 Å². The minimum atomic E-state index is -0.355. The molecule has 1 aromatic rings. The van der Waals surface area contributed by atoms with Gasteiger partial charge in [0, 0.05) is 13.1 Å². The number of aromatic hydroxyl groups is 1. The minimum Gasteiger partial charge on any atom is -0.508 e. The Kier molecular flexibility index (Phi) is 4.99. The van der Waals surface area contributed by atoms with Crippen LogP contribution >= 0.6 is 0 Å². The molecule has 1 unspecified atom stereocenters. The van der Waals surface area contributed by atoms with E-state index in [1.807, 2.05) is 4.90 Å². The van der Waals surface area contributed by atoms with Crippen LogP contribution in [0.5, 0.6) is 5.75 Å². The molecule has 0 bridgehead atoms. The summed E-state index contributed by atoms with van der Waals surface area (Å²) in [4.78, 5) is 1.95. The summed E-state index contributed by atoms with van der Waals surface area (Å²) in [6.45, 7) is 8.60. The van der Waals surface area contributed by atoms with Gasteiger partial charge in [-0.1, -0.05) is 24.3 Å². The second-order valence-corrected chi connectivity index (χ2v) is 3.65. The van der Waals surface area contributed by atoms with Crippen molar-refractivity contribution in [2.75, 3.05) is 13.1 Å². The molecule has 0 saturated heterocycles. The Bertz CT molecular complexity index is 407. The lowest BCUT2D eigenvalue weighted by Gasteiger charge is -2.24. The van der Waals surface area contributed by atoms with Gasteiger partial charge in [0.15, 0.2) is 0 Å². The Morgan fingerprint density at radius 3 is 2.18 bits per heavy atom. The van der Waals surface area contributed by atoms with Gasteiger partial charge in [-0.15, -0.1) is 13.2 Å². The van der Waals surface area contributed by atoms with Gasteiger partial charge in [0.05, 0.1) is 6.07 Å². The zero-order valence-corrected chi connectivity index (χ0v) is 9.71. The number of nitrogens with zero attached hydrogens (tertiary/aromatic N) is 2. The minimum absolute atomic E-state index is 0.199. The summed E-state index contributed by atoms with van der Waals surface area (Å²) in [7, 11) is 0. The molecule has 0 radical (unpaired) electrons. The molecule has 0 amide bonds. The Labute approximate surface area is 102 Å². The van der Waals surface area contributed by atoms with E-state index in [-0.39, 0.29) is 11.8 Å². The van der Waals surface area contributed by atoms with Gasteiger partial charge >= 0.3 is 0 Å². The molecule has 1 atom stereocenters. The highest BCUT2D eigenvalue weighted by molar-refractivity contribution is 5.31. The molecular formula is C14H16N2O. The Hall–Kier alpha value is -2.05. The summed E-state index contributed by atoms with van der Waals surface area (Å²) in [6, 6.07) is 8.57. The molecule has 0 heterocycles. The lowest BCUT2D eigenvalue weighted by atomic mass is 10.1. The second kappa shape index (κ2) is 6.51. The number of phenolic OH excluding ortho intramolecular Hbond substituents is 1. The first-order chi connectivity index (χ1) is 8.22. The van der Waals surface area contributed by atoms with Crippen molar-refractivity contribution in [3.05, 3.63) is 55.1 Å². The maximum Gasteiger partial charge on any atom is 0.124 e. The predicted octanol–water partition coefficient (Wildman–Crippen LogP) is 2.63. The first kappa shape index (κ1) is 13.0. The van der Waals surface area contributed by atoms with E-state index in [2.05, 4.69) is 19.2 Å². The summed E-state index contributed by atoms with van der Waals surface area (Å²) >= 11 is 0. The molecule has 1 rings (SSSR count). The van der Waals surface area contributed by atoms with Crippen molar-refractivity contribution in [2.45, 2.75) is 6.04 Å². The van der Waals surface area contributed by atoms with Crippen LogP contribution in [0.1, 0.15) is 11.6 Å². The molecule has 0 aliphatic carbocycles. The highest BCUT2D eigenvalue weighted by atomic mass is 16.3.